The second kappa shape index (κ2) is 8.21. The number of nitrogens with one attached hydrogen (secondary N) is 1. The zero-order chi connectivity index (χ0) is 20.3. The van der Waals surface area contributed by atoms with Crippen LogP contribution in [0.4, 0.5) is 15.8 Å². The fourth-order valence-corrected chi connectivity index (χ4v) is 3.06. The number of amides is 2. The van der Waals surface area contributed by atoms with Crippen LogP contribution in [0.1, 0.15) is 17.5 Å². The van der Waals surface area contributed by atoms with E-state index in [4.69, 9.17) is 4.74 Å². The molecule has 2 amide bonds. The number of halogens is 1. The molecule has 1 aliphatic rings. The lowest BCUT2D eigenvalue weighted by atomic mass is 10.1. The molecule has 0 spiro atoms. The summed E-state index contributed by atoms with van der Waals surface area (Å²) < 4.78 is 18.1. The third-order valence-corrected chi connectivity index (χ3v) is 4.82. The summed E-state index contributed by atoms with van der Waals surface area (Å²) in [5.74, 6) is -2.35. The van der Waals surface area contributed by atoms with Gasteiger partial charge in [0.05, 0.1) is 5.92 Å². The maximum absolute atomic E-state index is 13.0. The molecule has 0 aliphatic carbocycles. The number of carbonyl (C=O) groups excluding carboxylic acids is 3. The summed E-state index contributed by atoms with van der Waals surface area (Å²) in [7, 11) is 0. The van der Waals surface area contributed by atoms with E-state index < -0.39 is 30.2 Å². The number of esters is 1. The molecule has 1 atom stereocenters. The molecular weight excluding hydrogens is 363 g/mol. The molecule has 0 bridgehead atoms. The number of nitrogens with zero attached hydrogens (tertiary/aromatic N) is 1. The molecule has 2 aromatic carbocycles. The van der Waals surface area contributed by atoms with Crippen LogP contribution in [0.2, 0.25) is 0 Å². The van der Waals surface area contributed by atoms with Crippen LogP contribution in [0.15, 0.2) is 42.5 Å². The van der Waals surface area contributed by atoms with Crippen LogP contribution in [-0.2, 0) is 19.1 Å². The molecule has 1 saturated heterocycles. The lowest BCUT2D eigenvalue weighted by Gasteiger charge is -2.16. The Morgan fingerprint density at radius 3 is 2.61 bits per heavy atom. The SMILES string of the molecule is Cc1cccc(NC(=O)COC(=O)[C@H]2CC(=O)N(c3ccc(F)cc3)C2)c1C. The predicted molar refractivity (Wildman–Crippen MR) is 102 cm³/mol. The quantitative estimate of drug-likeness (QED) is 0.804. The lowest BCUT2D eigenvalue weighted by Crippen LogP contribution is -2.28. The average molecular weight is 384 g/mol. The normalized spacial score (nSPS) is 16.2. The molecule has 2 aromatic rings. The van der Waals surface area contributed by atoms with Gasteiger partial charge in [-0.05, 0) is 55.3 Å². The fraction of sp³-hybridized carbons (Fsp3) is 0.286. The smallest absolute Gasteiger partial charge is 0.311 e. The minimum Gasteiger partial charge on any atom is -0.455 e. The van der Waals surface area contributed by atoms with Gasteiger partial charge in [-0.1, -0.05) is 12.1 Å². The first-order valence-electron chi connectivity index (χ1n) is 8.94. The molecule has 1 aliphatic heterocycles. The lowest BCUT2D eigenvalue weighted by molar-refractivity contribution is -0.151. The number of benzene rings is 2. The number of rotatable bonds is 5. The van der Waals surface area contributed by atoms with E-state index in [0.29, 0.717) is 11.4 Å². The topological polar surface area (TPSA) is 75.7 Å². The van der Waals surface area contributed by atoms with Crippen molar-refractivity contribution in [3.8, 4) is 0 Å². The standard InChI is InChI=1S/C21H21FN2O4/c1-13-4-3-5-18(14(13)2)23-19(25)12-28-21(27)15-10-20(26)24(11-15)17-8-6-16(22)7-9-17/h3-9,15H,10-12H2,1-2H3,(H,23,25)/t15-/m0/s1. The summed E-state index contributed by atoms with van der Waals surface area (Å²) in [5.41, 5.74) is 3.17. The van der Waals surface area contributed by atoms with E-state index in [1.54, 1.807) is 6.07 Å². The van der Waals surface area contributed by atoms with Gasteiger partial charge in [0.2, 0.25) is 5.91 Å². The molecule has 0 radical (unpaired) electrons. The molecule has 1 N–H and O–H groups in total. The molecule has 1 fully saturated rings. The molecule has 6 nitrogen and oxygen atoms in total. The summed E-state index contributed by atoms with van der Waals surface area (Å²) in [4.78, 5) is 37.9. The summed E-state index contributed by atoms with van der Waals surface area (Å²) in [6.07, 6.45) is -0.00514. The van der Waals surface area contributed by atoms with Gasteiger partial charge in [0.15, 0.2) is 6.61 Å². The monoisotopic (exact) mass is 384 g/mol. The third kappa shape index (κ3) is 4.36. The molecule has 0 saturated carbocycles. The molecular formula is C21H21FN2O4. The number of hydrogen-bond donors (Lipinski definition) is 1. The maximum atomic E-state index is 13.0. The third-order valence-electron chi connectivity index (χ3n) is 4.82. The van der Waals surface area contributed by atoms with Crippen LogP contribution in [-0.4, -0.2) is 30.9 Å². The molecule has 7 heteroatoms. The van der Waals surface area contributed by atoms with Crippen LogP contribution in [0.25, 0.3) is 0 Å². The van der Waals surface area contributed by atoms with Crippen molar-refractivity contribution in [2.24, 2.45) is 5.92 Å². The maximum Gasteiger partial charge on any atom is 0.311 e. The average Bonchev–Trinajstić information content (AvgIpc) is 3.06. The zero-order valence-electron chi connectivity index (χ0n) is 15.7. The Balaban J connectivity index is 1.53. The van der Waals surface area contributed by atoms with Crippen LogP contribution in [0.5, 0.6) is 0 Å². The van der Waals surface area contributed by atoms with Crippen molar-refractivity contribution in [3.63, 3.8) is 0 Å². The number of hydrogen-bond acceptors (Lipinski definition) is 4. The van der Waals surface area contributed by atoms with Crippen LogP contribution < -0.4 is 10.2 Å². The van der Waals surface area contributed by atoms with Gasteiger partial charge in [-0.3, -0.25) is 14.4 Å². The van der Waals surface area contributed by atoms with Gasteiger partial charge in [0, 0.05) is 24.3 Å². The van der Waals surface area contributed by atoms with E-state index in [1.807, 2.05) is 26.0 Å². The fourth-order valence-electron chi connectivity index (χ4n) is 3.06. The second-order valence-corrected chi connectivity index (χ2v) is 6.79. The Kier molecular flexibility index (Phi) is 5.73. The van der Waals surface area contributed by atoms with E-state index in [1.165, 1.54) is 29.2 Å². The molecule has 0 unspecified atom stereocenters. The van der Waals surface area contributed by atoms with E-state index in [2.05, 4.69) is 5.32 Å². The van der Waals surface area contributed by atoms with Crippen molar-refractivity contribution in [3.05, 3.63) is 59.4 Å². The Morgan fingerprint density at radius 2 is 1.89 bits per heavy atom. The van der Waals surface area contributed by atoms with E-state index in [0.717, 1.165) is 11.1 Å². The highest BCUT2D eigenvalue weighted by Crippen LogP contribution is 2.26. The Hall–Kier alpha value is -3.22. The molecule has 28 heavy (non-hydrogen) atoms. The van der Waals surface area contributed by atoms with Crippen LogP contribution in [0, 0.1) is 25.6 Å². The first-order chi connectivity index (χ1) is 13.3. The highest BCUT2D eigenvalue weighted by molar-refractivity contribution is 6.00. The van der Waals surface area contributed by atoms with Crippen molar-refractivity contribution in [2.45, 2.75) is 20.3 Å². The van der Waals surface area contributed by atoms with E-state index in [-0.39, 0.29) is 18.9 Å². The number of anilines is 2. The predicted octanol–water partition coefficient (Wildman–Crippen LogP) is 2.98. The van der Waals surface area contributed by atoms with Crippen LogP contribution >= 0.6 is 0 Å². The minimum absolute atomic E-state index is 0.00514. The summed E-state index contributed by atoms with van der Waals surface area (Å²) in [6, 6.07) is 11.0. The minimum atomic E-state index is -0.661. The summed E-state index contributed by atoms with van der Waals surface area (Å²) >= 11 is 0. The second-order valence-electron chi connectivity index (χ2n) is 6.79. The van der Waals surface area contributed by atoms with Crippen molar-refractivity contribution < 1.29 is 23.5 Å². The highest BCUT2D eigenvalue weighted by atomic mass is 19.1. The van der Waals surface area contributed by atoms with Gasteiger partial charge in [-0.25, -0.2) is 4.39 Å². The van der Waals surface area contributed by atoms with Gasteiger partial charge in [0.1, 0.15) is 5.82 Å². The first kappa shape index (κ1) is 19.5. The van der Waals surface area contributed by atoms with E-state index in [9.17, 15) is 18.8 Å². The summed E-state index contributed by atoms with van der Waals surface area (Å²) in [5, 5.41) is 2.72. The highest BCUT2D eigenvalue weighted by Gasteiger charge is 2.36. The first-order valence-corrected chi connectivity index (χ1v) is 8.94. The van der Waals surface area contributed by atoms with Gasteiger partial charge in [-0.2, -0.15) is 0 Å². The van der Waals surface area contributed by atoms with Crippen LogP contribution in [0.3, 0.4) is 0 Å². The zero-order valence-corrected chi connectivity index (χ0v) is 15.7. The number of ether oxygens (including phenoxy) is 1. The van der Waals surface area contributed by atoms with Crippen molar-refractivity contribution in [1.82, 2.24) is 0 Å². The summed E-state index contributed by atoms with van der Waals surface area (Å²) in [6.45, 7) is 3.55. The van der Waals surface area contributed by atoms with Crippen molar-refractivity contribution in [1.29, 1.82) is 0 Å². The number of carbonyl (C=O) groups is 3. The largest absolute Gasteiger partial charge is 0.455 e. The van der Waals surface area contributed by atoms with Crippen molar-refractivity contribution in [2.75, 3.05) is 23.4 Å². The van der Waals surface area contributed by atoms with E-state index >= 15 is 0 Å². The molecule has 1 heterocycles. The molecule has 146 valence electrons. The number of aryl methyl sites for hydroxylation is 1. The Bertz CT molecular complexity index is 911. The molecule has 0 aromatic heterocycles. The van der Waals surface area contributed by atoms with Gasteiger partial charge in [-0.15, -0.1) is 0 Å². The molecule has 3 rings (SSSR count). The van der Waals surface area contributed by atoms with Gasteiger partial charge < -0.3 is 15.0 Å². The van der Waals surface area contributed by atoms with Gasteiger partial charge >= 0.3 is 5.97 Å². The Labute approximate surface area is 162 Å². The van der Waals surface area contributed by atoms with Gasteiger partial charge in [0.25, 0.3) is 5.91 Å². The van der Waals surface area contributed by atoms with Crippen molar-refractivity contribution >= 4 is 29.2 Å². The Morgan fingerprint density at radius 1 is 1.18 bits per heavy atom.